The molecule has 8 heteroatoms. The van der Waals surface area contributed by atoms with E-state index in [1.165, 1.54) is 5.56 Å². The van der Waals surface area contributed by atoms with E-state index in [0.717, 1.165) is 55.4 Å². The highest BCUT2D eigenvalue weighted by Gasteiger charge is 2.26. The van der Waals surface area contributed by atoms with Gasteiger partial charge in [-0.25, -0.2) is 4.79 Å². The fourth-order valence-electron chi connectivity index (χ4n) is 3.95. The molecule has 4 rings (SSSR count). The number of aromatic nitrogens is 2. The molecular weight excluding hydrogens is 346 g/mol. The molecule has 0 saturated carbocycles. The van der Waals surface area contributed by atoms with Gasteiger partial charge in [0.2, 0.25) is 0 Å². The van der Waals surface area contributed by atoms with E-state index in [-0.39, 0.29) is 12.1 Å². The SMILES string of the molecule is Cc1ccc([C@@H](CNC(=O)Nc2c3c(nn2C)CCC3)N2CCOCC2)o1. The number of furan rings is 1. The van der Waals surface area contributed by atoms with Crippen LogP contribution in [-0.2, 0) is 24.6 Å². The Balaban J connectivity index is 1.42. The first-order valence-electron chi connectivity index (χ1n) is 9.59. The topological polar surface area (TPSA) is 84.6 Å². The molecule has 3 heterocycles. The molecular formula is C19H27N5O3. The first kappa shape index (κ1) is 18.1. The number of anilines is 1. The van der Waals surface area contributed by atoms with Crippen LogP contribution in [0.15, 0.2) is 16.5 Å². The van der Waals surface area contributed by atoms with E-state index in [9.17, 15) is 4.79 Å². The highest BCUT2D eigenvalue weighted by molar-refractivity contribution is 5.89. The summed E-state index contributed by atoms with van der Waals surface area (Å²) < 4.78 is 13.1. The molecule has 1 aliphatic heterocycles. The molecule has 2 aliphatic rings. The van der Waals surface area contributed by atoms with Gasteiger partial charge in [-0.1, -0.05) is 0 Å². The third kappa shape index (κ3) is 3.86. The zero-order valence-electron chi connectivity index (χ0n) is 16.0. The van der Waals surface area contributed by atoms with Crippen LogP contribution >= 0.6 is 0 Å². The van der Waals surface area contributed by atoms with E-state index in [0.29, 0.717) is 19.8 Å². The van der Waals surface area contributed by atoms with Crippen molar-refractivity contribution in [2.24, 2.45) is 7.05 Å². The summed E-state index contributed by atoms with van der Waals surface area (Å²) in [5.74, 6) is 2.55. The lowest BCUT2D eigenvalue weighted by Crippen LogP contribution is -2.44. The maximum Gasteiger partial charge on any atom is 0.320 e. The van der Waals surface area contributed by atoms with E-state index in [1.807, 2.05) is 26.1 Å². The van der Waals surface area contributed by atoms with Crippen LogP contribution in [0, 0.1) is 6.92 Å². The molecule has 2 amide bonds. The predicted molar refractivity (Wildman–Crippen MR) is 101 cm³/mol. The van der Waals surface area contributed by atoms with Gasteiger partial charge in [-0.3, -0.25) is 14.9 Å². The van der Waals surface area contributed by atoms with Crippen molar-refractivity contribution >= 4 is 11.8 Å². The van der Waals surface area contributed by atoms with Crippen molar-refractivity contribution in [3.8, 4) is 0 Å². The van der Waals surface area contributed by atoms with Crippen molar-refractivity contribution in [1.82, 2.24) is 20.0 Å². The Kier molecular flexibility index (Phi) is 5.18. The maximum atomic E-state index is 12.5. The van der Waals surface area contributed by atoms with Crippen molar-refractivity contribution < 1.29 is 13.9 Å². The van der Waals surface area contributed by atoms with Gasteiger partial charge in [0.1, 0.15) is 17.3 Å². The molecule has 1 atom stereocenters. The summed E-state index contributed by atoms with van der Waals surface area (Å²) in [6, 6.07) is 3.73. The summed E-state index contributed by atoms with van der Waals surface area (Å²) in [5.41, 5.74) is 2.27. The number of amides is 2. The summed E-state index contributed by atoms with van der Waals surface area (Å²) in [6.07, 6.45) is 3.07. The Morgan fingerprint density at radius 2 is 2.11 bits per heavy atom. The molecule has 0 spiro atoms. The fraction of sp³-hybridized carbons (Fsp3) is 0.579. The summed E-state index contributed by atoms with van der Waals surface area (Å²) in [5, 5.41) is 10.5. The van der Waals surface area contributed by atoms with Crippen LogP contribution in [0.25, 0.3) is 0 Å². The number of nitrogens with zero attached hydrogens (tertiary/aromatic N) is 3. The van der Waals surface area contributed by atoms with Crippen LogP contribution in [0.1, 0.15) is 35.2 Å². The average Bonchev–Trinajstić information content (AvgIpc) is 3.35. The van der Waals surface area contributed by atoms with Gasteiger partial charge < -0.3 is 14.5 Å². The van der Waals surface area contributed by atoms with E-state index in [2.05, 4.69) is 20.6 Å². The monoisotopic (exact) mass is 373 g/mol. The lowest BCUT2D eigenvalue weighted by Gasteiger charge is -2.33. The van der Waals surface area contributed by atoms with Crippen LogP contribution in [0.2, 0.25) is 0 Å². The molecule has 2 aromatic heterocycles. The van der Waals surface area contributed by atoms with Crippen molar-refractivity contribution in [3.63, 3.8) is 0 Å². The summed E-state index contributed by atoms with van der Waals surface area (Å²) in [6.45, 7) is 5.45. The van der Waals surface area contributed by atoms with E-state index in [1.54, 1.807) is 4.68 Å². The zero-order valence-corrected chi connectivity index (χ0v) is 16.0. The predicted octanol–water partition coefficient (Wildman–Crippen LogP) is 2.01. The van der Waals surface area contributed by atoms with Gasteiger partial charge in [0.15, 0.2) is 0 Å². The summed E-state index contributed by atoms with van der Waals surface area (Å²) >= 11 is 0. The van der Waals surface area contributed by atoms with Gasteiger partial charge in [0, 0.05) is 32.2 Å². The van der Waals surface area contributed by atoms with Gasteiger partial charge in [-0.15, -0.1) is 0 Å². The van der Waals surface area contributed by atoms with Crippen LogP contribution in [0.3, 0.4) is 0 Å². The van der Waals surface area contributed by atoms with Crippen molar-refractivity contribution in [1.29, 1.82) is 0 Å². The normalized spacial score (nSPS) is 18.3. The number of fused-ring (bicyclic) bond motifs is 1. The van der Waals surface area contributed by atoms with E-state index < -0.39 is 0 Å². The Labute approximate surface area is 158 Å². The number of morpholine rings is 1. The second-order valence-corrected chi connectivity index (χ2v) is 7.20. The third-order valence-electron chi connectivity index (χ3n) is 5.33. The van der Waals surface area contributed by atoms with Crippen LogP contribution in [0.4, 0.5) is 10.6 Å². The summed E-state index contributed by atoms with van der Waals surface area (Å²) in [7, 11) is 1.87. The minimum absolute atomic E-state index is 0.00870. The number of ether oxygens (including phenoxy) is 1. The van der Waals surface area contributed by atoms with E-state index >= 15 is 0 Å². The second kappa shape index (κ2) is 7.74. The van der Waals surface area contributed by atoms with Gasteiger partial charge in [0.25, 0.3) is 0 Å². The lowest BCUT2D eigenvalue weighted by atomic mass is 10.1. The highest BCUT2D eigenvalue weighted by Crippen LogP contribution is 2.28. The largest absolute Gasteiger partial charge is 0.465 e. The minimum Gasteiger partial charge on any atom is -0.465 e. The average molecular weight is 373 g/mol. The van der Waals surface area contributed by atoms with Gasteiger partial charge in [0.05, 0.1) is 24.9 Å². The number of carbonyl (C=O) groups is 1. The summed E-state index contributed by atoms with van der Waals surface area (Å²) in [4.78, 5) is 14.8. The molecule has 1 aliphatic carbocycles. The molecule has 0 radical (unpaired) electrons. The molecule has 1 saturated heterocycles. The standard InChI is InChI=1S/C19H27N5O3/c1-13-6-7-17(27-13)16(24-8-10-26-11-9-24)12-20-19(25)21-18-14-4-3-5-15(14)22-23(18)2/h6-7,16H,3-5,8-12H2,1-2H3,(H2,20,21,25)/t16-/m1/s1. The van der Waals surface area contributed by atoms with Crippen LogP contribution in [0.5, 0.6) is 0 Å². The molecule has 1 fully saturated rings. The van der Waals surface area contributed by atoms with Crippen molar-refractivity contribution in [3.05, 3.63) is 34.9 Å². The molecule has 2 aromatic rings. The molecule has 0 unspecified atom stereocenters. The minimum atomic E-state index is -0.214. The van der Waals surface area contributed by atoms with Crippen molar-refractivity contribution in [2.45, 2.75) is 32.2 Å². The second-order valence-electron chi connectivity index (χ2n) is 7.20. The maximum absolute atomic E-state index is 12.5. The van der Waals surface area contributed by atoms with Gasteiger partial charge in [-0.2, -0.15) is 5.10 Å². The quantitative estimate of drug-likeness (QED) is 0.837. The molecule has 8 nitrogen and oxygen atoms in total. The Hall–Kier alpha value is -2.32. The number of hydrogen-bond donors (Lipinski definition) is 2. The van der Waals surface area contributed by atoms with Crippen molar-refractivity contribution in [2.75, 3.05) is 38.2 Å². The highest BCUT2D eigenvalue weighted by atomic mass is 16.5. The number of rotatable bonds is 5. The number of aryl methyl sites for hydroxylation is 3. The number of carbonyl (C=O) groups excluding carboxylic acids is 1. The Morgan fingerprint density at radius 1 is 1.30 bits per heavy atom. The Bertz CT molecular complexity index is 806. The zero-order chi connectivity index (χ0) is 18.8. The Morgan fingerprint density at radius 3 is 2.85 bits per heavy atom. The smallest absolute Gasteiger partial charge is 0.320 e. The molecule has 27 heavy (non-hydrogen) atoms. The third-order valence-corrected chi connectivity index (χ3v) is 5.33. The molecule has 146 valence electrons. The molecule has 0 bridgehead atoms. The lowest BCUT2D eigenvalue weighted by molar-refractivity contribution is 0.0122. The van der Waals surface area contributed by atoms with Crippen LogP contribution in [-0.4, -0.2) is 53.6 Å². The number of urea groups is 1. The van der Waals surface area contributed by atoms with Gasteiger partial charge in [-0.05, 0) is 38.3 Å². The van der Waals surface area contributed by atoms with Crippen LogP contribution < -0.4 is 10.6 Å². The molecule has 2 N–H and O–H groups in total. The molecule has 0 aromatic carbocycles. The first-order chi connectivity index (χ1) is 13.1. The fourth-order valence-corrected chi connectivity index (χ4v) is 3.95. The number of nitrogens with one attached hydrogen (secondary N) is 2. The van der Waals surface area contributed by atoms with E-state index in [4.69, 9.17) is 9.15 Å². The number of hydrogen-bond acceptors (Lipinski definition) is 5. The first-order valence-corrected chi connectivity index (χ1v) is 9.59. The van der Waals surface area contributed by atoms with Gasteiger partial charge >= 0.3 is 6.03 Å².